The Hall–Kier alpha value is -4.41. The van der Waals surface area contributed by atoms with E-state index in [4.69, 9.17) is 20.4 Å². The number of likely N-dealkylation sites (tertiary alicyclic amines) is 1. The van der Waals surface area contributed by atoms with E-state index >= 15 is 0 Å². The summed E-state index contributed by atoms with van der Waals surface area (Å²) in [6, 6.07) is 13.7. The van der Waals surface area contributed by atoms with E-state index in [0.717, 1.165) is 36.1 Å². The molecule has 0 unspecified atom stereocenters. The summed E-state index contributed by atoms with van der Waals surface area (Å²) >= 11 is 0. The van der Waals surface area contributed by atoms with Crippen LogP contribution in [0.3, 0.4) is 0 Å². The summed E-state index contributed by atoms with van der Waals surface area (Å²) in [7, 11) is 0. The molecule has 3 N–H and O–H groups in total. The normalized spacial score (nSPS) is 15.6. The molecule has 0 spiro atoms. The minimum Gasteiger partial charge on any atom is -0.488 e. The van der Waals surface area contributed by atoms with Crippen molar-refractivity contribution < 1.29 is 22.4 Å². The Labute approximate surface area is 210 Å². The van der Waals surface area contributed by atoms with E-state index in [2.05, 4.69) is 15.1 Å². The highest BCUT2D eigenvalue weighted by atomic mass is 19.4. The van der Waals surface area contributed by atoms with Gasteiger partial charge in [0, 0.05) is 30.1 Å². The average molecular weight is 509 g/mol. The molecule has 0 bridgehead atoms. The van der Waals surface area contributed by atoms with Crippen molar-refractivity contribution in [1.29, 1.82) is 5.41 Å². The molecular formula is C26H23F3N6O2. The van der Waals surface area contributed by atoms with E-state index in [9.17, 15) is 13.2 Å². The monoisotopic (exact) mass is 508 g/mol. The average Bonchev–Trinajstić information content (AvgIpc) is 3.58. The van der Waals surface area contributed by atoms with Gasteiger partial charge < -0.3 is 19.9 Å². The lowest BCUT2D eigenvalue weighted by Crippen LogP contribution is -2.35. The Morgan fingerprint density at radius 1 is 1.08 bits per heavy atom. The van der Waals surface area contributed by atoms with Gasteiger partial charge in [-0.2, -0.15) is 18.2 Å². The highest BCUT2D eigenvalue weighted by molar-refractivity contribution is 5.76. The Kier molecular flexibility index (Phi) is 6.51. The Balaban J connectivity index is 1.41. The molecule has 1 atom stereocenters. The Morgan fingerprint density at radius 3 is 2.54 bits per heavy atom. The number of nitrogens with zero attached hydrogens (tertiary/aromatic N) is 4. The van der Waals surface area contributed by atoms with Crippen LogP contribution >= 0.6 is 0 Å². The van der Waals surface area contributed by atoms with Crippen molar-refractivity contribution in [2.75, 3.05) is 6.54 Å². The standard InChI is InChI=1S/C26H23F3N6O2/c27-26(28,29)19-6-3-16(4-7-19)15-36-22-8-5-18(14-20(22)17-9-11-32-12-10-17)23-33-24(37-34-23)21-2-1-13-35(21)25(30)31/h3-12,14,21H,1-2,13,15H2,(H3,30,31)/t21-/m0/s1. The second-order valence-electron chi connectivity index (χ2n) is 8.62. The van der Waals surface area contributed by atoms with Gasteiger partial charge in [-0.05, 0) is 66.4 Å². The third kappa shape index (κ3) is 5.25. The first kappa shape index (κ1) is 24.3. The van der Waals surface area contributed by atoms with Crippen molar-refractivity contribution >= 4 is 5.96 Å². The Morgan fingerprint density at radius 2 is 1.84 bits per heavy atom. The minimum atomic E-state index is -4.39. The van der Waals surface area contributed by atoms with Crippen LogP contribution in [0.2, 0.25) is 0 Å². The maximum Gasteiger partial charge on any atom is 0.416 e. The van der Waals surface area contributed by atoms with Crippen LogP contribution in [0, 0.1) is 5.41 Å². The van der Waals surface area contributed by atoms with Crippen LogP contribution in [-0.4, -0.2) is 32.5 Å². The molecule has 1 saturated heterocycles. The first-order valence-corrected chi connectivity index (χ1v) is 11.6. The van der Waals surface area contributed by atoms with Gasteiger partial charge in [-0.1, -0.05) is 17.3 Å². The van der Waals surface area contributed by atoms with Gasteiger partial charge in [-0.15, -0.1) is 0 Å². The molecule has 0 radical (unpaired) electrons. The fourth-order valence-corrected chi connectivity index (χ4v) is 4.30. The number of nitrogens with two attached hydrogens (primary N) is 1. The maximum atomic E-state index is 12.9. The second kappa shape index (κ2) is 9.92. The van der Waals surface area contributed by atoms with E-state index in [-0.39, 0.29) is 18.6 Å². The van der Waals surface area contributed by atoms with Crippen LogP contribution in [0.25, 0.3) is 22.5 Å². The van der Waals surface area contributed by atoms with Crippen LogP contribution in [-0.2, 0) is 12.8 Å². The molecule has 1 aliphatic heterocycles. The first-order chi connectivity index (χ1) is 17.8. The van der Waals surface area contributed by atoms with Gasteiger partial charge in [0.25, 0.3) is 0 Å². The van der Waals surface area contributed by atoms with Gasteiger partial charge in [0.2, 0.25) is 11.7 Å². The third-order valence-corrected chi connectivity index (χ3v) is 6.19. The van der Waals surface area contributed by atoms with Crippen molar-refractivity contribution in [3.05, 3.63) is 84.0 Å². The zero-order valence-corrected chi connectivity index (χ0v) is 19.6. The lowest BCUT2D eigenvalue weighted by atomic mass is 10.0. The van der Waals surface area contributed by atoms with Crippen molar-refractivity contribution in [2.45, 2.75) is 31.7 Å². The van der Waals surface area contributed by atoms with Gasteiger partial charge in [0.15, 0.2) is 5.96 Å². The summed E-state index contributed by atoms with van der Waals surface area (Å²) in [6.07, 6.45) is 0.565. The fraction of sp³-hybridized carbons (Fsp3) is 0.231. The number of ether oxygens (including phenoxy) is 1. The number of guanidine groups is 1. The topological polar surface area (TPSA) is 114 Å². The number of nitrogens with one attached hydrogen (secondary N) is 1. The number of hydrogen-bond donors (Lipinski definition) is 2. The van der Waals surface area contributed by atoms with Crippen LogP contribution in [0.1, 0.15) is 35.9 Å². The number of aromatic nitrogens is 3. The lowest BCUT2D eigenvalue weighted by molar-refractivity contribution is -0.137. The number of rotatable bonds is 6. The van der Waals surface area contributed by atoms with Crippen LogP contribution in [0.15, 0.2) is 71.5 Å². The predicted octanol–water partition coefficient (Wildman–Crippen LogP) is 5.43. The van der Waals surface area contributed by atoms with Crippen LogP contribution in [0.5, 0.6) is 5.75 Å². The number of alkyl halides is 3. The largest absolute Gasteiger partial charge is 0.488 e. The van der Waals surface area contributed by atoms with Crippen LogP contribution in [0.4, 0.5) is 13.2 Å². The minimum absolute atomic E-state index is 0.0308. The van der Waals surface area contributed by atoms with E-state index in [1.54, 1.807) is 29.4 Å². The molecule has 2 aromatic carbocycles. The molecule has 0 amide bonds. The molecule has 0 saturated carbocycles. The molecule has 4 aromatic rings. The number of halogens is 3. The molecule has 1 fully saturated rings. The lowest BCUT2D eigenvalue weighted by Gasteiger charge is -2.21. The number of hydrogen-bond acceptors (Lipinski definition) is 6. The number of benzene rings is 2. The van der Waals surface area contributed by atoms with E-state index in [1.165, 1.54) is 12.1 Å². The summed E-state index contributed by atoms with van der Waals surface area (Å²) in [6.45, 7) is 0.749. The molecule has 3 heterocycles. The van der Waals surface area contributed by atoms with Crippen molar-refractivity contribution in [1.82, 2.24) is 20.0 Å². The van der Waals surface area contributed by atoms with Gasteiger partial charge in [0.1, 0.15) is 18.4 Å². The highest BCUT2D eigenvalue weighted by Gasteiger charge is 2.32. The van der Waals surface area contributed by atoms with E-state index in [0.29, 0.717) is 35.1 Å². The molecule has 2 aromatic heterocycles. The summed E-state index contributed by atoms with van der Waals surface area (Å²) in [5, 5.41) is 11.9. The predicted molar refractivity (Wildman–Crippen MR) is 129 cm³/mol. The summed E-state index contributed by atoms with van der Waals surface area (Å²) in [4.78, 5) is 10.4. The van der Waals surface area contributed by atoms with Gasteiger partial charge in [-0.3, -0.25) is 10.4 Å². The van der Waals surface area contributed by atoms with Crippen molar-refractivity contribution in [2.24, 2.45) is 5.73 Å². The Bertz CT molecular complexity index is 1390. The zero-order valence-electron chi connectivity index (χ0n) is 19.6. The van der Waals surface area contributed by atoms with E-state index < -0.39 is 11.7 Å². The van der Waals surface area contributed by atoms with Gasteiger partial charge in [-0.25, -0.2) is 0 Å². The molecule has 0 aliphatic carbocycles. The summed E-state index contributed by atoms with van der Waals surface area (Å²) in [5.41, 5.74) is 7.85. The SMILES string of the molecule is N=C(N)N1CCC[C@H]1c1nc(-c2ccc(OCc3ccc(C(F)(F)F)cc3)c(-c3ccncc3)c2)no1. The van der Waals surface area contributed by atoms with Gasteiger partial charge >= 0.3 is 6.18 Å². The molecule has 11 heteroatoms. The first-order valence-electron chi connectivity index (χ1n) is 11.6. The second-order valence-corrected chi connectivity index (χ2v) is 8.62. The smallest absolute Gasteiger partial charge is 0.416 e. The van der Waals surface area contributed by atoms with Crippen molar-refractivity contribution in [3.63, 3.8) is 0 Å². The molecule has 8 nitrogen and oxygen atoms in total. The number of pyridine rings is 1. The van der Waals surface area contributed by atoms with E-state index in [1.807, 2.05) is 18.2 Å². The van der Waals surface area contributed by atoms with Gasteiger partial charge in [0.05, 0.1) is 5.56 Å². The van der Waals surface area contributed by atoms with Crippen molar-refractivity contribution in [3.8, 4) is 28.3 Å². The third-order valence-electron chi connectivity index (χ3n) is 6.19. The highest BCUT2D eigenvalue weighted by Crippen LogP contribution is 2.36. The summed E-state index contributed by atoms with van der Waals surface area (Å²) < 4.78 is 50.1. The molecule has 1 aliphatic rings. The maximum absolute atomic E-state index is 12.9. The molecule has 190 valence electrons. The zero-order chi connectivity index (χ0) is 26.0. The molecule has 5 rings (SSSR count). The summed E-state index contributed by atoms with van der Waals surface area (Å²) in [5.74, 6) is 1.29. The van der Waals surface area contributed by atoms with Crippen LogP contribution < -0.4 is 10.5 Å². The fourth-order valence-electron chi connectivity index (χ4n) is 4.30. The molecule has 37 heavy (non-hydrogen) atoms. The molecular weight excluding hydrogens is 485 g/mol. The quantitative estimate of drug-likeness (QED) is 0.264.